The highest BCUT2D eigenvalue weighted by Crippen LogP contribution is 2.18. The predicted octanol–water partition coefficient (Wildman–Crippen LogP) is 1.83. The van der Waals surface area contributed by atoms with Crippen LogP contribution in [-0.2, 0) is 6.61 Å². The van der Waals surface area contributed by atoms with Gasteiger partial charge in [-0.3, -0.25) is 9.59 Å². The molecule has 0 fully saturated rings. The molecule has 0 saturated heterocycles. The fourth-order valence-corrected chi connectivity index (χ4v) is 2.56. The van der Waals surface area contributed by atoms with E-state index in [0.717, 1.165) is 0 Å². The number of carbonyl (C=O) groups is 2. The highest BCUT2D eigenvalue weighted by molar-refractivity contribution is 5.94. The van der Waals surface area contributed by atoms with Gasteiger partial charge < -0.3 is 15.8 Å². The molecule has 0 aliphatic heterocycles. The summed E-state index contributed by atoms with van der Waals surface area (Å²) in [6, 6.07) is 12.2. The molecule has 0 bridgehead atoms. The Labute approximate surface area is 160 Å². The lowest BCUT2D eigenvalue weighted by Gasteiger charge is -2.10. The van der Waals surface area contributed by atoms with Gasteiger partial charge in [-0.05, 0) is 43.3 Å². The Morgan fingerprint density at radius 2 is 1.96 bits per heavy atom. The van der Waals surface area contributed by atoms with Crippen molar-refractivity contribution >= 4 is 11.8 Å². The number of aromatic nitrogens is 3. The molecule has 0 aliphatic rings. The van der Waals surface area contributed by atoms with Crippen LogP contribution < -0.4 is 15.8 Å². The molecule has 2 aromatic carbocycles. The average molecular weight is 383 g/mol. The molecule has 3 aromatic rings. The first-order chi connectivity index (χ1) is 13.5. The number of primary amides is 1. The third-order valence-corrected chi connectivity index (χ3v) is 3.88. The fraction of sp³-hybridized carbons (Fsp3) is 0.158. The Morgan fingerprint density at radius 1 is 1.21 bits per heavy atom. The minimum absolute atomic E-state index is 0.0517. The summed E-state index contributed by atoms with van der Waals surface area (Å²) in [4.78, 5) is 23.6. The van der Waals surface area contributed by atoms with Crippen LogP contribution in [0.3, 0.4) is 0 Å². The zero-order valence-corrected chi connectivity index (χ0v) is 15.1. The summed E-state index contributed by atoms with van der Waals surface area (Å²) < 4.78 is 20.3. The molecular formula is C19H18FN5O3. The van der Waals surface area contributed by atoms with Gasteiger partial charge in [-0.2, -0.15) is 0 Å². The fourth-order valence-electron chi connectivity index (χ4n) is 2.56. The minimum atomic E-state index is -0.761. The number of benzene rings is 2. The third-order valence-electron chi connectivity index (χ3n) is 3.88. The Balaban J connectivity index is 1.89. The van der Waals surface area contributed by atoms with E-state index in [2.05, 4.69) is 15.6 Å². The van der Waals surface area contributed by atoms with Gasteiger partial charge in [0.1, 0.15) is 23.9 Å². The minimum Gasteiger partial charge on any atom is -0.487 e. The zero-order chi connectivity index (χ0) is 20.1. The van der Waals surface area contributed by atoms with Gasteiger partial charge in [-0.25, -0.2) is 9.07 Å². The van der Waals surface area contributed by atoms with E-state index in [1.807, 2.05) is 6.92 Å². The number of rotatable bonds is 7. The van der Waals surface area contributed by atoms with E-state index in [1.54, 1.807) is 30.3 Å². The number of hydrogen-bond donors (Lipinski definition) is 2. The van der Waals surface area contributed by atoms with Crippen LogP contribution in [0.5, 0.6) is 5.75 Å². The third kappa shape index (κ3) is 4.14. The van der Waals surface area contributed by atoms with Crippen LogP contribution in [0.1, 0.15) is 33.5 Å². The van der Waals surface area contributed by atoms with Crippen molar-refractivity contribution in [2.75, 3.05) is 6.54 Å². The summed E-state index contributed by atoms with van der Waals surface area (Å²) in [6.45, 7) is 2.25. The Hall–Kier alpha value is -3.75. The van der Waals surface area contributed by atoms with Gasteiger partial charge in [-0.1, -0.05) is 11.3 Å². The van der Waals surface area contributed by atoms with Gasteiger partial charge in [0.25, 0.3) is 11.8 Å². The molecule has 2 amide bonds. The van der Waals surface area contributed by atoms with Crippen LogP contribution >= 0.6 is 0 Å². The van der Waals surface area contributed by atoms with Gasteiger partial charge in [0.2, 0.25) is 0 Å². The van der Waals surface area contributed by atoms with Crippen LogP contribution in [0.25, 0.3) is 5.69 Å². The lowest BCUT2D eigenvalue weighted by Crippen LogP contribution is -2.22. The number of nitrogens with two attached hydrogens (primary N) is 1. The molecule has 144 valence electrons. The molecule has 8 nitrogen and oxygen atoms in total. The standard InChI is InChI=1S/C19H18FN5O3/c1-2-22-19(27)12-6-8-14(9-7-12)25-16(17(18(21)26)23-24-25)11-28-15-5-3-4-13(20)10-15/h3-10H,2,11H2,1H3,(H2,21,26)(H,22,27). The van der Waals surface area contributed by atoms with Crippen LogP contribution in [-0.4, -0.2) is 33.4 Å². The maximum atomic E-state index is 13.3. The first-order valence-electron chi connectivity index (χ1n) is 8.51. The average Bonchev–Trinajstić information content (AvgIpc) is 3.11. The summed E-state index contributed by atoms with van der Waals surface area (Å²) in [5.41, 5.74) is 6.67. The quantitative estimate of drug-likeness (QED) is 0.646. The van der Waals surface area contributed by atoms with Crippen molar-refractivity contribution in [3.8, 4) is 11.4 Å². The van der Waals surface area contributed by atoms with Crippen LogP contribution in [0.4, 0.5) is 4.39 Å². The van der Waals surface area contributed by atoms with Crippen molar-refractivity contribution in [1.29, 1.82) is 0 Å². The highest BCUT2D eigenvalue weighted by atomic mass is 19.1. The van der Waals surface area contributed by atoms with E-state index in [0.29, 0.717) is 23.5 Å². The normalized spacial score (nSPS) is 10.5. The van der Waals surface area contributed by atoms with Crippen molar-refractivity contribution < 1.29 is 18.7 Å². The molecule has 28 heavy (non-hydrogen) atoms. The molecule has 0 saturated carbocycles. The van der Waals surface area contributed by atoms with E-state index < -0.39 is 11.7 Å². The number of halogens is 1. The molecule has 0 spiro atoms. The SMILES string of the molecule is CCNC(=O)c1ccc(-n2nnc(C(N)=O)c2COc2cccc(F)c2)cc1. The number of nitrogens with one attached hydrogen (secondary N) is 1. The van der Waals surface area contributed by atoms with Crippen molar-refractivity contribution in [1.82, 2.24) is 20.3 Å². The van der Waals surface area contributed by atoms with E-state index in [9.17, 15) is 14.0 Å². The number of nitrogens with zero attached hydrogens (tertiary/aromatic N) is 3. The predicted molar refractivity (Wildman–Crippen MR) is 98.6 cm³/mol. The van der Waals surface area contributed by atoms with E-state index in [-0.39, 0.29) is 24.0 Å². The second kappa shape index (κ2) is 8.30. The van der Waals surface area contributed by atoms with E-state index >= 15 is 0 Å². The number of carbonyl (C=O) groups excluding carboxylic acids is 2. The van der Waals surface area contributed by atoms with E-state index in [1.165, 1.54) is 22.9 Å². The summed E-state index contributed by atoms with van der Waals surface area (Å²) in [5.74, 6) is -1.11. The van der Waals surface area contributed by atoms with Gasteiger partial charge in [0.05, 0.1) is 5.69 Å². The van der Waals surface area contributed by atoms with Crippen molar-refractivity contribution in [3.63, 3.8) is 0 Å². The summed E-state index contributed by atoms with van der Waals surface area (Å²) >= 11 is 0. The molecule has 0 unspecified atom stereocenters. The smallest absolute Gasteiger partial charge is 0.271 e. The van der Waals surface area contributed by atoms with Crippen molar-refractivity contribution in [2.24, 2.45) is 5.73 Å². The van der Waals surface area contributed by atoms with Gasteiger partial charge in [-0.15, -0.1) is 5.10 Å². The number of amides is 2. The second-order valence-corrected chi connectivity index (χ2v) is 5.81. The lowest BCUT2D eigenvalue weighted by molar-refractivity contribution is 0.0954. The first-order valence-corrected chi connectivity index (χ1v) is 8.51. The van der Waals surface area contributed by atoms with Crippen LogP contribution in [0.15, 0.2) is 48.5 Å². The van der Waals surface area contributed by atoms with Crippen LogP contribution in [0.2, 0.25) is 0 Å². The topological polar surface area (TPSA) is 112 Å². The molecule has 0 radical (unpaired) electrons. The molecule has 3 rings (SSSR count). The van der Waals surface area contributed by atoms with E-state index in [4.69, 9.17) is 10.5 Å². The molecular weight excluding hydrogens is 365 g/mol. The highest BCUT2D eigenvalue weighted by Gasteiger charge is 2.19. The summed E-state index contributed by atoms with van der Waals surface area (Å²) in [6.07, 6.45) is 0. The van der Waals surface area contributed by atoms with Gasteiger partial charge >= 0.3 is 0 Å². The monoisotopic (exact) mass is 383 g/mol. The number of hydrogen-bond acceptors (Lipinski definition) is 5. The molecule has 1 heterocycles. The summed E-state index contributed by atoms with van der Waals surface area (Å²) in [7, 11) is 0. The van der Waals surface area contributed by atoms with Gasteiger partial charge in [0, 0.05) is 18.2 Å². The molecule has 3 N–H and O–H groups in total. The van der Waals surface area contributed by atoms with Crippen molar-refractivity contribution in [2.45, 2.75) is 13.5 Å². The maximum absolute atomic E-state index is 13.3. The molecule has 1 aromatic heterocycles. The molecule has 9 heteroatoms. The maximum Gasteiger partial charge on any atom is 0.271 e. The zero-order valence-electron chi connectivity index (χ0n) is 15.1. The molecule has 0 atom stereocenters. The molecule has 0 aliphatic carbocycles. The Bertz CT molecular complexity index is 1000. The largest absolute Gasteiger partial charge is 0.487 e. The van der Waals surface area contributed by atoms with Crippen LogP contribution in [0, 0.1) is 5.82 Å². The Morgan fingerprint density at radius 3 is 2.61 bits per heavy atom. The Kier molecular flexibility index (Phi) is 5.64. The summed E-state index contributed by atoms with van der Waals surface area (Å²) in [5, 5.41) is 10.5. The second-order valence-electron chi connectivity index (χ2n) is 5.81. The number of ether oxygens (including phenoxy) is 1. The van der Waals surface area contributed by atoms with Gasteiger partial charge in [0.15, 0.2) is 5.69 Å². The van der Waals surface area contributed by atoms with Crippen molar-refractivity contribution in [3.05, 3.63) is 71.3 Å². The first kappa shape index (κ1) is 19.0. The lowest BCUT2D eigenvalue weighted by atomic mass is 10.2.